The van der Waals surface area contributed by atoms with Crippen LogP contribution in [0.15, 0.2) is 0 Å². The molecule has 0 aromatic carbocycles. The van der Waals surface area contributed by atoms with Crippen molar-refractivity contribution >= 4 is 0 Å². The lowest BCUT2D eigenvalue weighted by atomic mass is 9.85. The van der Waals surface area contributed by atoms with Gasteiger partial charge in [0.15, 0.2) is 0 Å². The minimum absolute atomic E-state index is 0.0376. The van der Waals surface area contributed by atoms with E-state index in [-0.39, 0.29) is 6.10 Å². The smallest absolute Gasteiger partial charge is 0.0596 e. The first-order chi connectivity index (χ1) is 6.88. The zero-order valence-corrected chi connectivity index (χ0v) is 9.25. The third-order valence-corrected chi connectivity index (χ3v) is 4.27. The third kappa shape index (κ3) is 2.50. The van der Waals surface area contributed by atoms with Gasteiger partial charge >= 0.3 is 0 Å². The fraction of sp³-hybridized carbons (Fsp3) is 1.00. The van der Waals surface area contributed by atoms with Crippen LogP contribution in [-0.4, -0.2) is 11.2 Å². The van der Waals surface area contributed by atoms with Gasteiger partial charge < -0.3 is 5.11 Å². The quantitative estimate of drug-likeness (QED) is 0.670. The first-order valence-electron chi connectivity index (χ1n) is 6.56. The molecule has 0 aromatic heterocycles. The van der Waals surface area contributed by atoms with Gasteiger partial charge in [-0.2, -0.15) is 0 Å². The molecule has 0 saturated heterocycles. The Morgan fingerprint density at radius 1 is 0.643 bits per heavy atom. The van der Waals surface area contributed by atoms with Gasteiger partial charge in [-0.15, -0.1) is 0 Å². The summed E-state index contributed by atoms with van der Waals surface area (Å²) in [7, 11) is 0. The molecule has 0 amide bonds. The predicted octanol–water partition coefficient (Wildman–Crippen LogP) is 3.51. The van der Waals surface area contributed by atoms with Gasteiger partial charge in [0, 0.05) is 0 Å². The Balaban J connectivity index is 1.84. The summed E-state index contributed by atoms with van der Waals surface area (Å²) in [5, 5.41) is 10.3. The van der Waals surface area contributed by atoms with E-state index in [4.69, 9.17) is 0 Å². The molecule has 14 heavy (non-hydrogen) atoms. The molecule has 0 radical (unpaired) electrons. The van der Waals surface area contributed by atoms with Crippen LogP contribution in [0.2, 0.25) is 0 Å². The molecule has 2 rings (SSSR count). The van der Waals surface area contributed by atoms with E-state index < -0.39 is 0 Å². The van der Waals surface area contributed by atoms with Crippen molar-refractivity contribution in [1.82, 2.24) is 0 Å². The van der Waals surface area contributed by atoms with Crippen LogP contribution in [0, 0.1) is 11.8 Å². The van der Waals surface area contributed by atoms with Crippen LogP contribution in [0.4, 0.5) is 0 Å². The Morgan fingerprint density at radius 2 is 1.00 bits per heavy atom. The van der Waals surface area contributed by atoms with Crippen LogP contribution in [-0.2, 0) is 0 Å². The molecule has 0 heterocycles. The zero-order chi connectivity index (χ0) is 9.80. The fourth-order valence-corrected chi connectivity index (χ4v) is 3.34. The van der Waals surface area contributed by atoms with Gasteiger partial charge in [0.05, 0.1) is 6.10 Å². The van der Waals surface area contributed by atoms with Gasteiger partial charge in [-0.25, -0.2) is 0 Å². The minimum Gasteiger partial charge on any atom is -0.393 e. The van der Waals surface area contributed by atoms with Crippen molar-refractivity contribution in [3.63, 3.8) is 0 Å². The number of hydrogen-bond acceptors (Lipinski definition) is 1. The predicted molar refractivity (Wildman–Crippen MR) is 59.2 cm³/mol. The molecular weight excluding hydrogens is 172 g/mol. The second kappa shape index (κ2) is 5.16. The van der Waals surface area contributed by atoms with Crippen molar-refractivity contribution in [2.75, 3.05) is 0 Å². The summed E-state index contributed by atoms with van der Waals surface area (Å²) < 4.78 is 0. The van der Waals surface area contributed by atoms with Crippen molar-refractivity contribution < 1.29 is 5.11 Å². The molecule has 82 valence electrons. The number of aliphatic hydroxyl groups excluding tert-OH is 1. The second-order valence-corrected chi connectivity index (χ2v) is 5.29. The Labute approximate surface area is 87.9 Å². The molecule has 0 bridgehead atoms. The maximum absolute atomic E-state index is 10.3. The van der Waals surface area contributed by atoms with Gasteiger partial charge in [0.1, 0.15) is 0 Å². The van der Waals surface area contributed by atoms with Gasteiger partial charge in [-0.1, -0.05) is 38.5 Å². The summed E-state index contributed by atoms with van der Waals surface area (Å²) in [5.74, 6) is 1.29. The fourth-order valence-electron chi connectivity index (χ4n) is 3.34. The van der Waals surface area contributed by atoms with Crippen molar-refractivity contribution in [3.05, 3.63) is 0 Å². The Kier molecular flexibility index (Phi) is 3.86. The third-order valence-electron chi connectivity index (χ3n) is 4.27. The highest BCUT2D eigenvalue weighted by Crippen LogP contribution is 2.35. The van der Waals surface area contributed by atoms with E-state index in [0.29, 0.717) is 11.8 Å². The molecule has 1 unspecified atom stereocenters. The summed E-state index contributed by atoms with van der Waals surface area (Å²) in [5.41, 5.74) is 0. The summed E-state index contributed by atoms with van der Waals surface area (Å²) in [6.45, 7) is 0. The lowest BCUT2D eigenvalue weighted by molar-refractivity contribution is 0.0456. The number of rotatable bonds is 2. The maximum Gasteiger partial charge on any atom is 0.0596 e. The van der Waals surface area contributed by atoms with Crippen molar-refractivity contribution in [2.45, 2.75) is 70.3 Å². The highest BCUT2D eigenvalue weighted by molar-refractivity contribution is 4.81. The molecule has 1 N–H and O–H groups in total. The zero-order valence-electron chi connectivity index (χ0n) is 9.25. The molecule has 0 spiro atoms. The Hall–Kier alpha value is -0.0400. The molecule has 2 aliphatic carbocycles. The van der Waals surface area contributed by atoms with Crippen LogP contribution >= 0.6 is 0 Å². The lowest BCUT2D eigenvalue weighted by Gasteiger charge is -2.26. The minimum atomic E-state index is 0.0376. The van der Waals surface area contributed by atoms with Crippen LogP contribution in [0.1, 0.15) is 64.2 Å². The molecule has 2 aliphatic rings. The second-order valence-electron chi connectivity index (χ2n) is 5.29. The normalized spacial score (nSPS) is 28.9. The summed E-state index contributed by atoms with van der Waals surface area (Å²) in [6, 6.07) is 0. The Bertz CT molecular complexity index is 153. The largest absolute Gasteiger partial charge is 0.393 e. The number of aliphatic hydroxyl groups is 1. The van der Waals surface area contributed by atoms with Gasteiger partial charge in [0.2, 0.25) is 0 Å². The average molecular weight is 196 g/mol. The maximum atomic E-state index is 10.3. The van der Waals surface area contributed by atoms with E-state index in [1.54, 1.807) is 0 Å². The molecular formula is C13H24O. The first-order valence-corrected chi connectivity index (χ1v) is 6.56. The first kappa shape index (κ1) is 10.5. The topological polar surface area (TPSA) is 20.2 Å². The molecule has 2 saturated carbocycles. The van der Waals surface area contributed by atoms with Gasteiger partial charge in [0.25, 0.3) is 0 Å². The van der Waals surface area contributed by atoms with E-state index >= 15 is 0 Å². The molecule has 1 heteroatoms. The summed E-state index contributed by atoms with van der Waals surface area (Å²) in [4.78, 5) is 0. The highest BCUT2D eigenvalue weighted by atomic mass is 16.3. The van der Waals surface area contributed by atoms with E-state index in [1.165, 1.54) is 64.2 Å². The monoisotopic (exact) mass is 196 g/mol. The van der Waals surface area contributed by atoms with Gasteiger partial charge in [-0.3, -0.25) is 0 Å². The van der Waals surface area contributed by atoms with Crippen LogP contribution in [0.3, 0.4) is 0 Å². The van der Waals surface area contributed by atoms with Crippen LogP contribution < -0.4 is 0 Å². The van der Waals surface area contributed by atoms with E-state index in [2.05, 4.69) is 0 Å². The lowest BCUT2D eigenvalue weighted by Crippen LogP contribution is -2.27. The SMILES string of the molecule is OC(C1CCCCCC1)C1CCCC1. The molecule has 1 nitrogen and oxygen atoms in total. The van der Waals surface area contributed by atoms with Crippen molar-refractivity contribution in [3.8, 4) is 0 Å². The van der Waals surface area contributed by atoms with Crippen LogP contribution in [0.25, 0.3) is 0 Å². The molecule has 2 fully saturated rings. The van der Waals surface area contributed by atoms with Crippen LogP contribution in [0.5, 0.6) is 0 Å². The van der Waals surface area contributed by atoms with Crippen molar-refractivity contribution in [2.24, 2.45) is 11.8 Å². The highest BCUT2D eigenvalue weighted by Gasteiger charge is 2.29. The molecule has 0 aromatic rings. The van der Waals surface area contributed by atoms with Gasteiger partial charge in [-0.05, 0) is 37.5 Å². The van der Waals surface area contributed by atoms with E-state index in [1.807, 2.05) is 0 Å². The van der Waals surface area contributed by atoms with E-state index in [0.717, 1.165) is 0 Å². The standard InChI is InChI=1S/C13H24O/c14-13(12-9-5-6-10-12)11-7-3-1-2-4-8-11/h11-14H,1-10H2. The average Bonchev–Trinajstić information content (AvgIpc) is 2.59. The van der Waals surface area contributed by atoms with Crippen molar-refractivity contribution in [1.29, 1.82) is 0 Å². The summed E-state index contributed by atoms with van der Waals surface area (Å²) in [6.07, 6.45) is 13.4. The number of hydrogen-bond donors (Lipinski definition) is 1. The Morgan fingerprint density at radius 3 is 1.43 bits per heavy atom. The molecule has 1 atom stereocenters. The van der Waals surface area contributed by atoms with E-state index in [9.17, 15) is 5.11 Å². The molecule has 0 aliphatic heterocycles. The summed E-state index contributed by atoms with van der Waals surface area (Å²) >= 11 is 0.